The van der Waals surface area contributed by atoms with Crippen LogP contribution >= 0.6 is 0 Å². The van der Waals surface area contributed by atoms with Gasteiger partial charge in [-0.1, -0.05) is 6.07 Å². The summed E-state index contributed by atoms with van der Waals surface area (Å²) in [5.41, 5.74) is 2.21. The summed E-state index contributed by atoms with van der Waals surface area (Å²) >= 11 is -0.572. The Kier molecular flexibility index (Phi) is 7.27. The second-order valence-corrected chi connectivity index (χ2v) is 9.82. The van der Waals surface area contributed by atoms with Crippen LogP contribution in [0.1, 0.15) is 29.8 Å². The van der Waals surface area contributed by atoms with Crippen molar-refractivity contribution in [2.75, 3.05) is 6.54 Å². The molecule has 0 spiro atoms. The Morgan fingerprint density at radius 2 is 1.87 bits per heavy atom. The van der Waals surface area contributed by atoms with E-state index in [9.17, 15) is 19.6 Å². The number of amides is 2. The average Bonchev–Trinajstić information content (AvgIpc) is 3.17. The Morgan fingerprint density at radius 3 is 2.52 bits per heavy atom. The van der Waals surface area contributed by atoms with Gasteiger partial charge >= 0.3 is 181 Å². The van der Waals surface area contributed by atoms with Crippen molar-refractivity contribution in [2.45, 2.75) is 26.3 Å². The van der Waals surface area contributed by atoms with E-state index in [1.165, 1.54) is 0 Å². The van der Waals surface area contributed by atoms with Crippen molar-refractivity contribution in [1.82, 2.24) is 15.2 Å². The predicted molar refractivity (Wildman–Crippen MR) is 119 cm³/mol. The number of para-hydroxylation sites is 1. The van der Waals surface area contributed by atoms with Crippen LogP contribution in [-0.4, -0.2) is 54.6 Å². The van der Waals surface area contributed by atoms with Gasteiger partial charge in [0.25, 0.3) is 0 Å². The number of fused-ring (bicyclic) bond motifs is 1. The molecule has 1 atom stereocenters. The number of benzene rings is 2. The monoisotopic (exact) mass is 477 g/mol. The van der Waals surface area contributed by atoms with E-state index in [4.69, 9.17) is 0 Å². The molecule has 3 aromatic rings. The van der Waals surface area contributed by atoms with E-state index < -0.39 is 33.6 Å². The van der Waals surface area contributed by atoms with Crippen molar-refractivity contribution in [3.05, 3.63) is 65.9 Å². The van der Waals surface area contributed by atoms with Crippen molar-refractivity contribution in [1.29, 1.82) is 5.26 Å². The topological polar surface area (TPSA) is 106 Å². The maximum absolute atomic E-state index is 13.0. The Labute approximate surface area is 187 Å². The molecule has 1 radical (unpaired) electrons. The van der Waals surface area contributed by atoms with Gasteiger partial charge in [0.1, 0.15) is 0 Å². The SMILES string of the molecule is CCN(C#N)C(=O)C(Cc1c[nH]c2ccccc12)NC(=O)c1ccc([As]C(C)=O)cc1. The molecule has 8 heteroatoms. The summed E-state index contributed by atoms with van der Waals surface area (Å²) in [4.78, 5) is 41.3. The fourth-order valence-electron chi connectivity index (χ4n) is 3.30. The van der Waals surface area contributed by atoms with Gasteiger partial charge < -0.3 is 0 Å². The van der Waals surface area contributed by atoms with Crippen molar-refractivity contribution in [2.24, 2.45) is 0 Å². The summed E-state index contributed by atoms with van der Waals surface area (Å²) < 4.78 is 1.04. The number of carbonyl (C=O) groups is 3. The number of H-pyrrole nitrogens is 1. The number of hydrogen-bond donors (Lipinski definition) is 2. The van der Waals surface area contributed by atoms with E-state index in [0.29, 0.717) is 5.56 Å². The number of likely N-dealkylation sites (N-methyl/N-ethyl adjacent to an activating group) is 1. The van der Waals surface area contributed by atoms with E-state index in [0.717, 1.165) is 25.7 Å². The Bertz CT molecular complexity index is 1150. The fraction of sp³-hybridized carbons (Fsp3) is 0.217. The number of nitriles is 1. The first-order chi connectivity index (χ1) is 14.9. The van der Waals surface area contributed by atoms with Crippen LogP contribution in [0.15, 0.2) is 54.7 Å². The van der Waals surface area contributed by atoms with Gasteiger partial charge in [0.05, 0.1) is 0 Å². The van der Waals surface area contributed by atoms with Crippen LogP contribution in [0.25, 0.3) is 10.9 Å². The van der Waals surface area contributed by atoms with Crippen LogP contribution in [0.4, 0.5) is 0 Å². The normalized spacial score (nSPS) is 11.9. The van der Waals surface area contributed by atoms with Gasteiger partial charge in [-0.15, -0.1) is 0 Å². The first-order valence-corrected chi connectivity index (χ1v) is 11.7. The quantitative estimate of drug-likeness (QED) is 0.293. The molecule has 0 saturated carbocycles. The van der Waals surface area contributed by atoms with Gasteiger partial charge in [0.15, 0.2) is 0 Å². The average molecular weight is 477 g/mol. The third-order valence-corrected chi connectivity index (χ3v) is 6.65. The van der Waals surface area contributed by atoms with E-state index >= 15 is 0 Å². The molecule has 0 aliphatic carbocycles. The molecule has 2 amide bonds. The fourth-order valence-corrected chi connectivity index (χ4v) is 4.68. The molecule has 157 valence electrons. The molecule has 7 nitrogen and oxygen atoms in total. The molecule has 0 fully saturated rings. The summed E-state index contributed by atoms with van der Waals surface area (Å²) in [6.07, 6.45) is 3.95. The molecule has 1 heterocycles. The Hall–Kier alpha value is -3.36. The maximum atomic E-state index is 13.0. The van der Waals surface area contributed by atoms with E-state index in [1.54, 1.807) is 38.1 Å². The second-order valence-electron chi connectivity index (χ2n) is 6.95. The van der Waals surface area contributed by atoms with Gasteiger partial charge in [0.2, 0.25) is 0 Å². The molecular weight excluding hydrogens is 455 g/mol. The number of hydrogen-bond acceptors (Lipinski definition) is 4. The minimum atomic E-state index is -0.894. The standard InChI is InChI=1S/C23H22AsN4O3/c1-3-28(14-25)23(31)21(12-17-13-26-20-7-5-4-6-19(17)20)27-22(30)16-8-10-18(11-9-16)24-15(2)29/h4-11,13,21,26H,3,12H2,1-2H3,(H,27,30). The molecule has 0 bridgehead atoms. The Balaban J connectivity index is 1.84. The van der Waals surface area contributed by atoms with Crippen molar-refractivity contribution >= 4 is 47.4 Å². The molecule has 0 aliphatic heterocycles. The summed E-state index contributed by atoms with van der Waals surface area (Å²) in [7, 11) is 0. The zero-order valence-electron chi connectivity index (χ0n) is 17.3. The number of nitrogens with zero attached hydrogens (tertiary/aromatic N) is 2. The van der Waals surface area contributed by atoms with E-state index in [2.05, 4.69) is 10.3 Å². The summed E-state index contributed by atoms with van der Waals surface area (Å²) in [5.74, 6) is -0.861. The summed E-state index contributed by atoms with van der Waals surface area (Å²) in [5, 5.41) is 13.1. The molecule has 2 aromatic carbocycles. The first-order valence-electron chi connectivity index (χ1n) is 9.82. The third kappa shape index (κ3) is 5.42. The molecule has 31 heavy (non-hydrogen) atoms. The summed E-state index contributed by atoms with van der Waals surface area (Å²) in [6, 6.07) is 13.6. The first kappa shape index (κ1) is 22.3. The molecular formula is C23H22AsN4O3. The zero-order valence-corrected chi connectivity index (χ0v) is 19.1. The molecule has 1 unspecified atom stereocenters. The molecule has 1 aromatic heterocycles. The van der Waals surface area contributed by atoms with Crippen LogP contribution < -0.4 is 9.67 Å². The molecule has 3 rings (SSSR count). The van der Waals surface area contributed by atoms with Gasteiger partial charge in [-0.2, -0.15) is 0 Å². The number of aromatic amines is 1. The third-order valence-electron chi connectivity index (χ3n) is 4.82. The zero-order chi connectivity index (χ0) is 22.4. The van der Waals surface area contributed by atoms with Gasteiger partial charge in [0, 0.05) is 0 Å². The minimum absolute atomic E-state index is 0.133. The number of rotatable bonds is 8. The van der Waals surface area contributed by atoms with E-state index in [1.807, 2.05) is 36.7 Å². The van der Waals surface area contributed by atoms with E-state index in [-0.39, 0.29) is 17.5 Å². The number of nitrogens with one attached hydrogen (secondary N) is 2. The van der Waals surface area contributed by atoms with Crippen molar-refractivity contribution in [3.8, 4) is 6.19 Å². The number of aromatic nitrogens is 1. The summed E-state index contributed by atoms with van der Waals surface area (Å²) in [6.45, 7) is 3.48. The Morgan fingerprint density at radius 1 is 1.16 bits per heavy atom. The predicted octanol–water partition coefficient (Wildman–Crippen LogP) is 1.71. The van der Waals surface area contributed by atoms with Gasteiger partial charge in [-0.25, -0.2) is 0 Å². The van der Waals surface area contributed by atoms with Crippen molar-refractivity contribution in [3.63, 3.8) is 0 Å². The van der Waals surface area contributed by atoms with Gasteiger partial charge in [-0.05, 0) is 0 Å². The van der Waals surface area contributed by atoms with Crippen LogP contribution in [0.3, 0.4) is 0 Å². The molecule has 2 N–H and O–H groups in total. The molecule has 0 aliphatic rings. The van der Waals surface area contributed by atoms with Crippen LogP contribution in [0.5, 0.6) is 0 Å². The number of carbonyl (C=O) groups excluding carboxylic acids is 3. The second kappa shape index (κ2) is 10.1. The van der Waals surface area contributed by atoms with Crippen LogP contribution in [0.2, 0.25) is 0 Å². The van der Waals surface area contributed by atoms with Gasteiger partial charge in [-0.3, -0.25) is 0 Å². The van der Waals surface area contributed by atoms with Crippen LogP contribution in [-0.2, 0) is 16.0 Å². The van der Waals surface area contributed by atoms with Crippen LogP contribution in [0, 0.1) is 11.5 Å². The molecule has 0 saturated heterocycles. The van der Waals surface area contributed by atoms with Crippen molar-refractivity contribution < 1.29 is 14.4 Å².